The van der Waals surface area contributed by atoms with Gasteiger partial charge in [-0.15, -0.1) is 0 Å². The summed E-state index contributed by atoms with van der Waals surface area (Å²) in [6.07, 6.45) is 2.06. The molecule has 6 heteroatoms. The zero-order valence-electron chi connectivity index (χ0n) is 11.4. The fourth-order valence-corrected chi connectivity index (χ4v) is 2.88. The molecule has 2 atom stereocenters. The Morgan fingerprint density at radius 2 is 2.30 bits per heavy atom. The number of carbonyl (C=O) groups is 1. The molecule has 0 aromatic heterocycles. The average Bonchev–Trinajstić information content (AvgIpc) is 2.79. The molecule has 1 fully saturated rings. The fraction of sp³-hybridized carbons (Fsp3) is 0.500. The van der Waals surface area contributed by atoms with Crippen LogP contribution in [0, 0.1) is 0 Å². The quantitative estimate of drug-likeness (QED) is 0.787. The van der Waals surface area contributed by atoms with Crippen molar-refractivity contribution in [2.75, 3.05) is 12.4 Å². The van der Waals surface area contributed by atoms with Crippen molar-refractivity contribution >= 4 is 27.6 Å². The Morgan fingerprint density at radius 1 is 1.50 bits per heavy atom. The number of hydrogen-bond donors (Lipinski definition) is 3. The van der Waals surface area contributed by atoms with E-state index in [9.17, 15) is 9.90 Å². The monoisotopic (exact) mass is 342 g/mol. The standard InChI is InChI=1S/C14H19BrN2O3/c1-20-8-9-10(15)4-2-5-11(9)16-14(19)17-12-6-3-7-13(12)18/h2,4-5,12-13,18H,3,6-8H2,1H3,(H2,16,17,19). The molecule has 20 heavy (non-hydrogen) atoms. The van der Waals surface area contributed by atoms with Crippen LogP contribution in [0.2, 0.25) is 0 Å². The lowest BCUT2D eigenvalue weighted by molar-refractivity contribution is 0.151. The summed E-state index contributed by atoms with van der Waals surface area (Å²) in [5.41, 5.74) is 1.59. The predicted octanol–water partition coefficient (Wildman–Crippen LogP) is 2.63. The molecular weight excluding hydrogens is 324 g/mol. The second-order valence-corrected chi connectivity index (χ2v) is 5.76. The summed E-state index contributed by atoms with van der Waals surface area (Å²) in [6, 6.07) is 5.12. The highest BCUT2D eigenvalue weighted by atomic mass is 79.9. The number of ether oxygens (including phenoxy) is 1. The maximum Gasteiger partial charge on any atom is 0.319 e. The van der Waals surface area contributed by atoms with Crippen molar-refractivity contribution in [1.82, 2.24) is 5.32 Å². The zero-order valence-corrected chi connectivity index (χ0v) is 12.9. The first kappa shape index (κ1) is 15.3. The van der Waals surface area contributed by atoms with Gasteiger partial charge in [0.1, 0.15) is 0 Å². The van der Waals surface area contributed by atoms with Crippen LogP contribution in [-0.4, -0.2) is 30.4 Å². The van der Waals surface area contributed by atoms with Gasteiger partial charge < -0.3 is 20.5 Å². The first-order chi connectivity index (χ1) is 9.61. The Labute approximate surface area is 126 Å². The Hall–Kier alpha value is -1.11. The van der Waals surface area contributed by atoms with E-state index in [2.05, 4.69) is 26.6 Å². The largest absolute Gasteiger partial charge is 0.391 e. The minimum absolute atomic E-state index is 0.159. The SMILES string of the molecule is COCc1c(Br)cccc1NC(=O)NC1CCCC1O. The molecular formula is C14H19BrN2O3. The number of nitrogens with one attached hydrogen (secondary N) is 2. The smallest absolute Gasteiger partial charge is 0.319 e. The summed E-state index contributed by atoms with van der Waals surface area (Å²) < 4.78 is 6.03. The molecule has 5 nitrogen and oxygen atoms in total. The van der Waals surface area contributed by atoms with Gasteiger partial charge in [-0.2, -0.15) is 0 Å². The highest BCUT2D eigenvalue weighted by Crippen LogP contribution is 2.26. The molecule has 1 aromatic carbocycles. The van der Waals surface area contributed by atoms with Crippen molar-refractivity contribution < 1.29 is 14.6 Å². The number of amides is 2. The summed E-state index contributed by atoms with van der Waals surface area (Å²) in [5, 5.41) is 15.3. The van der Waals surface area contributed by atoms with E-state index >= 15 is 0 Å². The molecule has 0 saturated heterocycles. The number of hydrogen-bond acceptors (Lipinski definition) is 3. The highest BCUT2D eigenvalue weighted by Gasteiger charge is 2.26. The molecule has 1 aliphatic carbocycles. The van der Waals surface area contributed by atoms with Crippen LogP contribution >= 0.6 is 15.9 Å². The van der Waals surface area contributed by atoms with Crippen LogP contribution in [0.4, 0.5) is 10.5 Å². The predicted molar refractivity (Wildman–Crippen MR) is 80.7 cm³/mol. The third-order valence-electron chi connectivity index (χ3n) is 3.45. The van der Waals surface area contributed by atoms with Crippen LogP contribution < -0.4 is 10.6 Å². The summed E-state index contributed by atoms with van der Waals surface area (Å²) in [4.78, 5) is 12.0. The summed E-state index contributed by atoms with van der Waals surface area (Å²) in [5.74, 6) is 0. The highest BCUT2D eigenvalue weighted by molar-refractivity contribution is 9.10. The molecule has 1 saturated carbocycles. The lowest BCUT2D eigenvalue weighted by atomic mass is 10.2. The van der Waals surface area contributed by atoms with Crippen molar-refractivity contribution in [3.05, 3.63) is 28.2 Å². The molecule has 0 spiro atoms. The molecule has 1 aliphatic rings. The van der Waals surface area contributed by atoms with Crippen LogP contribution in [0.25, 0.3) is 0 Å². The van der Waals surface area contributed by atoms with Crippen LogP contribution in [-0.2, 0) is 11.3 Å². The lowest BCUT2D eigenvalue weighted by Crippen LogP contribution is -2.42. The topological polar surface area (TPSA) is 70.6 Å². The van der Waals surface area contributed by atoms with Crippen molar-refractivity contribution in [3.63, 3.8) is 0 Å². The van der Waals surface area contributed by atoms with E-state index in [-0.39, 0.29) is 12.1 Å². The molecule has 2 amide bonds. The molecule has 3 N–H and O–H groups in total. The average molecular weight is 343 g/mol. The number of rotatable bonds is 4. The Kier molecular flexibility index (Phi) is 5.39. The third kappa shape index (κ3) is 3.71. The second-order valence-electron chi connectivity index (χ2n) is 4.90. The molecule has 0 heterocycles. The van der Waals surface area contributed by atoms with E-state index in [1.165, 1.54) is 0 Å². The van der Waals surface area contributed by atoms with Crippen molar-refractivity contribution in [1.29, 1.82) is 0 Å². The van der Waals surface area contributed by atoms with Gasteiger partial charge in [0, 0.05) is 22.8 Å². The number of halogens is 1. The minimum Gasteiger partial charge on any atom is -0.391 e. The second kappa shape index (κ2) is 7.06. The fourth-order valence-electron chi connectivity index (χ4n) is 2.40. The molecule has 0 radical (unpaired) electrons. The number of aliphatic hydroxyl groups is 1. The van der Waals surface area contributed by atoms with Gasteiger partial charge >= 0.3 is 6.03 Å². The van der Waals surface area contributed by atoms with Crippen LogP contribution in [0.5, 0.6) is 0 Å². The van der Waals surface area contributed by atoms with Crippen molar-refractivity contribution in [3.8, 4) is 0 Å². The van der Waals surface area contributed by atoms with Gasteiger partial charge in [-0.05, 0) is 31.4 Å². The molecule has 2 unspecified atom stereocenters. The third-order valence-corrected chi connectivity index (χ3v) is 4.19. The van der Waals surface area contributed by atoms with Gasteiger partial charge in [-0.25, -0.2) is 4.79 Å². The first-order valence-electron chi connectivity index (χ1n) is 6.63. The Morgan fingerprint density at radius 3 is 2.95 bits per heavy atom. The molecule has 1 aromatic rings. The normalized spacial score (nSPS) is 21.8. The number of anilines is 1. The maximum absolute atomic E-state index is 12.0. The van der Waals surface area contributed by atoms with Crippen LogP contribution in [0.1, 0.15) is 24.8 Å². The molecule has 2 rings (SSSR count). The van der Waals surface area contributed by atoms with Crippen molar-refractivity contribution in [2.24, 2.45) is 0 Å². The molecule has 0 bridgehead atoms. The summed E-state index contributed by atoms with van der Waals surface area (Å²) in [7, 11) is 1.61. The molecule has 0 aliphatic heterocycles. The van der Waals surface area contributed by atoms with E-state index in [1.807, 2.05) is 18.2 Å². The lowest BCUT2D eigenvalue weighted by Gasteiger charge is -2.18. The van der Waals surface area contributed by atoms with E-state index in [0.29, 0.717) is 12.3 Å². The number of aliphatic hydroxyl groups excluding tert-OH is 1. The van der Waals surface area contributed by atoms with E-state index in [1.54, 1.807) is 7.11 Å². The van der Waals surface area contributed by atoms with Gasteiger partial charge in [0.2, 0.25) is 0 Å². The van der Waals surface area contributed by atoms with Gasteiger partial charge in [0.25, 0.3) is 0 Å². The zero-order chi connectivity index (χ0) is 14.5. The number of carbonyl (C=O) groups excluding carboxylic acids is 1. The summed E-state index contributed by atoms with van der Waals surface area (Å²) >= 11 is 3.44. The number of benzene rings is 1. The first-order valence-corrected chi connectivity index (χ1v) is 7.43. The van der Waals surface area contributed by atoms with E-state index < -0.39 is 6.10 Å². The van der Waals surface area contributed by atoms with Crippen LogP contribution in [0.15, 0.2) is 22.7 Å². The number of urea groups is 1. The number of methoxy groups -OCH3 is 1. The van der Waals surface area contributed by atoms with Gasteiger partial charge in [-0.3, -0.25) is 0 Å². The Bertz CT molecular complexity index is 481. The van der Waals surface area contributed by atoms with Gasteiger partial charge in [0.15, 0.2) is 0 Å². The maximum atomic E-state index is 12.0. The van der Waals surface area contributed by atoms with Crippen LogP contribution in [0.3, 0.4) is 0 Å². The van der Waals surface area contributed by atoms with E-state index in [4.69, 9.17) is 4.74 Å². The van der Waals surface area contributed by atoms with Gasteiger partial charge in [-0.1, -0.05) is 22.0 Å². The van der Waals surface area contributed by atoms with Gasteiger partial charge in [0.05, 0.1) is 18.8 Å². The Balaban J connectivity index is 2.02. The molecule has 110 valence electrons. The minimum atomic E-state index is -0.443. The van der Waals surface area contributed by atoms with E-state index in [0.717, 1.165) is 29.3 Å². The van der Waals surface area contributed by atoms with Crippen molar-refractivity contribution in [2.45, 2.75) is 38.0 Å². The summed E-state index contributed by atoms with van der Waals surface area (Å²) in [6.45, 7) is 0.406.